The number of carbonyl (C=O) groups excluding carboxylic acids is 14. The number of nitrogens with zero attached hydrogens (tertiary/aromatic N) is 4. The monoisotopic (exact) mass is 1740 g/mol. The van der Waals surface area contributed by atoms with Gasteiger partial charge in [-0.2, -0.15) is 0 Å². The van der Waals surface area contributed by atoms with Crippen LogP contribution in [-0.2, 0) is 83.1 Å². The molecular formula is C87H121N15O23. The lowest BCUT2D eigenvalue weighted by Gasteiger charge is -2.30. The fourth-order valence-electron chi connectivity index (χ4n) is 15.2. The molecule has 38 heteroatoms. The fourth-order valence-corrected chi connectivity index (χ4v) is 15.2. The number of allylic oxidation sites excluding steroid dienone is 2. The van der Waals surface area contributed by atoms with Gasteiger partial charge in [-0.3, -0.25) is 72.6 Å². The normalized spacial score (nSPS) is 16.8. The molecule has 0 unspecified atom stereocenters. The Morgan fingerprint density at radius 3 is 1.62 bits per heavy atom. The maximum absolute atomic E-state index is 15.2. The third-order valence-corrected chi connectivity index (χ3v) is 21.4. The summed E-state index contributed by atoms with van der Waals surface area (Å²) in [6.45, 7) is 13.5. The molecule has 3 aromatic carbocycles. The highest BCUT2D eigenvalue weighted by atomic mass is 16.6. The molecule has 38 nitrogen and oxygen atoms in total. The number of ketones is 1. The Labute approximate surface area is 726 Å². The highest BCUT2D eigenvalue weighted by molar-refractivity contribution is 6.22. The van der Waals surface area contributed by atoms with Crippen molar-refractivity contribution in [3.8, 4) is 11.1 Å². The number of hydrogen-bond acceptors (Lipinski definition) is 24. The van der Waals surface area contributed by atoms with Crippen LogP contribution in [0.4, 0.5) is 20.1 Å². The Hall–Kier alpha value is -12.4. The zero-order valence-corrected chi connectivity index (χ0v) is 72.2. The van der Waals surface area contributed by atoms with Crippen LogP contribution >= 0.6 is 0 Å². The van der Waals surface area contributed by atoms with Crippen molar-refractivity contribution in [1.82, 2.24) is 63.0 Å². The van der Waals surface area contributed by atoms with Crippen molar-refractivity contribution >= 4 is 101 Å². The maximum atomic E-state index is 15.2. The van der Waals surface area contributed by atoms with Crippen molar-refractivity contribution in [2.75, 3.05) is 65.6 Å². The van der Waals surface area contributed by atoms with Crippen molar-refractivity contribution in [2.45, 2.75) is 243 Å². The molecule has 0 spiro atoms. The quantitative estimate of drug-likeness (QED) is 0.00603. The van der Waals surface area contributed by atoms with E-state index >= 15 is 14.4 Å². The summed E-state index contributed by atoms with van der Waals surface area (Å²) in [7, 11) is 0. The number of ether oxygens (including phenoxy) is 4. The number of alkyl carbamates (subject to hydrolysis) is 3. The van der Waals surface area contributed by atoms with Crippen LogP contribution in [0.2, 0.25) is 0 Å². The number of hydrogen-bond donors (Lipinski definition) is 13. The van der Waals surface area contributed by atoms with Crippen LogP contribution in [-0.4, -0.2) is 239 Å². The summed E-state index contributed by atoms with van der Waals surface area (Å²) < 4.78 is 21.6. The van der Waals surface area contributed by atoms with E-state index in [0.717, 1.165) is 22.3 Å². The van der Waals surface area contributed by atoms with Crippen LogP contribution < -0.4 is 58.9 Å². The summed E-state index contributed by atoms with van der Waals surface area (Å²) in [4.78, 5) is 225. The minimum atomic E-state index is -1.70. The van der Waals surface area contributed by atoms with Crippen LogP contribution in [0.1, 0.15) is 199 Å². The Morgan fingerprint density at radius 2 is 1.11 bits per heavy atom. The number of aliphatic imine (C=N–C) groups is 1. The molecule has 4 aliphatic rings. The molecule has 8 atom stereocenters. The summed E-state index contributed by atoms with van der Waals surface area (Å²) in [5.74, 6) is -10.4. The molecule has 2 heterocycles. The highest BCUT2D eigenvalue weighted by Gasteiger charge is 2.42. The third kappa shape index (κ3) is 32.0. The molecule has 3 aromatic rings. The number of esters is 1. The zero-order chi connectivity index (χ0) is 91.5. The first kappa shape index (κ1) is 99.7. The Kier molecular flexibility index (Phi) is 39.2. The number of nitro groups is 1. The Morgan fingerprint density at radius 1 is 0.624 bits per heavy atom. The molecule has 2 aliphatic heterocycles. The van der Waals surface area contributed by atoms with Crippen LogP contribution in [0, 0.1) is 15.5 Å². The number of non-ortho nitro benzene ring substituents is 1. The van der Waals surface area contributed by atoms with Gasteiger partial charge in [-0.25, -0.2) is 14.4 Å². The number of nitrogens with two attached hydrogens (primary N) is 1. The first-order chi connectivity index (χ1) is 59.5. The van der Waals surface area contributed by atoms with Gasteiger partial charge < -0.3 is 97.9 Å². The third-order valence-electron chi connectivity index (χ3n) is 21.4. The molecule has 7 rings (SSSR count). The maximum Gasteiger partial charge on any atom is 0.407 e. The SMILES string of the molecule is C=CCOC(=O)NCCCC[C@H](NC(=O)CNC(=O)[C@@H]1CCCN1C(=O)[C@H](CCCCN=C(C)C1=C(O)CC(C)(C)CC1=O)NC(=O)[C@H](CCC(=O)OC(C)(C)C)NC(=O)[C@H](CCCCNC(=O)OCc1ccc([N+](=O)[O-])cc1)NC(=O)CNC(=O)[C@@H]1CCCN1C(=O)[C@H](CCCCN)NC(=O)OCC1c2ccccc2-c2ccccc21)C(=O)N[C@@H](C)C(=O)O. The second-order valence-corrected chi connectivity index (χ2v) is 33.1. The van der Waals surface area contributed by atoms with Crippen molar-refractivity contribution in [2.24, 2.45) is 16.1 Å². The number of likely N-dealkylation sites (tertiary alicyclic amines) is 2. The number of aliphatic carboxylic acids is 1. The molecular weight excluding hydrogens is 1620 g/mol. The largest absolute Gasteiger partial charge is 0.511 e. The van der Waals surface area contributed by atoms with E-state index in [4.69, 9.17) is 24.7 Å². The number of nitrogens with one attached hydrogen (secondary N) is 10. The molecule has 14 N–H and O–H groups in total. The number of Topliss-reactive ketones (excluding diaryl/α,β-unsaturated/α-hetero) is 1. The summed E-state index contributed by atoms with van der Waals surface area (Å²) in [5, 5.41) is 57.5. The molecule has 0 aromatic heterocycles. The van der Waals surface area contributed by atoms with Gasteiger partial charge >= 0.3 is 30.2 Å². The van der Waals surface area contributed by atoms with E-state index in [1.165, 1.54) is 47.1 Å². The van der Waals surface area contributed by atoms with Crippen molar-refractivity contribution < 1.29 is 106 Å². The number of rotatable bonds is 48. The molecule has 2 fully saturated rings. The Balaban J connectivity index is 1.09. The lowest BCUT2D eigenvalue weighted by atomic mass is 9.76. The molecule has 682 valence electrons. The Bertz CT molecular complexity index is 4370. The first-order valence-electron chi connectivity index (χ1n) is 42.5. The molecule has 0 radical (unpaired) electrons. The van der Waals surface area contributed by atoms with Gasteiger partial charge in [-0.15, -0.1) is 0 Å². The van der Waals surface area contributed by atoms with E-state index in [0.29, 0.717) is 37.8 Å². The van der Waals surface area contributed by atoms with Gasteiger partial charge in [0.1, 0.15) is 79.5 Å². The molecule has 125 heavy (non-hydrogen) atoms. The minimum absolute atomic E-state index is 0.0338. The molecule has 0 bridgehead atoms. The summed E-state index contributed by atoms with van der Waals surface area (Å²) in [6.07, 6.45) is 1.07. The van der Waals surface area contributed by atoms with Gasteiger partial charge in [0.25, 0.3) is 5.69 Å². The predicted octanol–water partition coefficient (Wildman–Crippen LogP) is 5.81. The smallest absolute Gasteiger partial charge is 0.407 e. The van der Waals surface area contributed by atoms with Gasteiger partial charge in [0.05, 0.1) is 23.6 Å². The van der Waals surface area contributed by atoms with Crippen molar-refractivity contribution in [3.63, 3.8) is 0 Å². The van der Waals surface area contributed by atoms with Gasteiger partial charge in [-0.05, 0) is 196 Å². The predicted molar refractivity (Wildman–Crippen MR) is 456 cm³/mol. The summed E-state index contributed by atoms with van der Waals surface area (Å²) >= 11 is 0. The van der Waals surface area contributed by atoms with E-state index < -0.39 is 174 Å². The molecule has 2 saturated heterocycles. The van der Waals surface area contributed by atoms with Crippen molar-refractivity contribution in [3.05, 3.63) is 124 Å². The summed E-state index contributed by atoms with van der Waals surface area (Å²) in [6, 6.07) is 10.0. The van der Waals surface area contributed by atoms with E-state index in [1.807, 2.05) is 62.4 Å². The van der Waals surface area contributed by atoms with E-state index in [9.17, 15) is 77.9 Å². The molecule has 0 saturated carbocycles. The van der Waals surface area contributed by atoms with Gasteiger partial charge in [-0.1, -0.05) is 75.0 Å². The number of carboxylic acids is 1. The zero-order valence-electron chi connectivity index (χ0n) is 72.2. The van der Waals surface area contributed by atoms with Crippen LogP contribution in [0.15, 0.2) is 102 Å². The number of unbranched alkanes of at least 4 members (excludes halogenated alkanes) is 4. The number of aliphatic hydroxyl groups is 1. The standard InChI is InChI=1S/C87H121N15O23/c1-9-46-122-83(117)90-42-20-15-28-62(75(108)94-54(3)82(115)116)95-71(105)49-92-78(111)67-32-22-44-100(67)80(113)65(31-17-19-41-89-53(2)74-69(103)47-87(7,8)48-70(74)104)98-77(110)64(38-39-73(107)125-86(4,5)6)97-76(109)63(29-16-21-43-91-84(118)123-51-55-34-36-56(37-35-55)102(120)121)96-72(106)50-93-79(112)68-33-23-45-101(68)81(114)66(30-14-18-40-88)99-85(119)124-52-61-59-26-12-10-24-57(59)58-25-11-13-27-60(58)61/h9-13,24-27,34-37,54,61-68,103H,1,14-23,28-33,38-52,88H2,2-8H3,(H,90,117)(H,91,118)(H,92,111)(H,93,112)(H,94,108)(H,95,105)(H,96,106)(H,97,109)(H,98,110)(H,99,119)(H,115,116)/t54-,62-,63-,64-,65-,66-,67-,68-/m0/s1. The number of benzene rings is 3. The lowest BCUT2D eigenvalue weighted by molar-refractivity contribution is -0.384. The van der Waals surface area contributed by atoms with Gasteiger partial charge in [0.15, 0.2) is 5.78 Å². The van der Waals surface area contributed by atoms with Crippen molar-refractivity contribution in [1.29, 1.82) is 0 Å². The van der Waals surface area contributed by atoms with Crippen LogP contribution in [0.25, 0.3) is 11.1 Å². The first-order valence-corrected chi connectivity index (χ1v) is 42.5. The lowest BCUT2D eigenvalue weighted by Crippen LogP contribution is -2.59. The van der Waals surface area contributed by atoms with E-state index in [1.54, 1.807) is 27.7 Å². The summed E-state index contributed by atoms with van der Waals surface area (Å²) in [5.41, 5.74) is 8.99. The number of aliphatic hydroxyl groups excluding tert-OH is 1. The number of carbonyl (C=O) groups is 15. The van der Waals surface area contributed by atoms with Crippen LogP contribution in [0.5, 0.6) is 0 Å². The molecule has 12 amide bonds. The number of amides is 12. The number of fused-ring (bicyclic) bond motifs is 3. The van der Waals surface area contributed by atoms with Gasteiger partial charge in [0, 0.05) is 75.7 Å². The average molecular weight is 1750 g/mol. The van der Waals surface area contributed by atoms with E-state index in [-0.39, 0.29) is 177 Å². The second-order valence-electron chi connectivity index (χ2n) is 33.1. The topological polar surface area (TPSA) is 542 Å². The fraction of sp³-hybridized carbons (Fsp3) is 0.563. The number of nitro benzene ring substituents is 1. The number of carboxylic acid groups (broad SMARTS) is 1. The van der Waals surface area contributed by atoms with Crippen LogP contribution in [0.3, 0.4) is 0 Å². The highest BCUT2D eigenvalue weighted by Crippen LogP contribution is 2.45. The minimum Gasteiger partial charge on any atom is -0.511 e. The van der Waals surface area contributed by atoms with Gasteiger partial charge in [0.2, 0.25) is 53.2 Å². The average Bonchev–Trinajstić information content (AvgIpc) is 1.62. The molecule has 2 aliphatic carbocycles. The second kappa shape index (κ2) is 49.2. The van der Waals surface area contributed by atoms with E-state index in [2.05, 4.69) is 64.7 Å².